The molecule has 0 saturated carbocycles. The van der Waals surface area contributed by atoms with Gasteiger partial charge >= 0.3 is 0 Å². The van der Waals surface area contributed by atoms with Gasteiger partial charge in [0.1, 0.15) is 5.75 Å². The van der Waals surface area contributed by atoms with Crippen LogP contribution in [0.5, 0.6) is 5.75 Å². The maximum Gasteiger partial charge on any atom is 0.167 e. The molecule has 2 nitrogen and oxygen atoms in total. The number of rotatable bonds is 4. The minimum atomic E-state index is -0.0196. The van der Waals surface area contributed by atoms with Crippen LogP contribution >= 0.6 is 0 Å². The molecule has 0 saturated heterocycles. The summed E-state index contributed by atoms with van der Waals surface area (Å²) >= 11 is 0. The van der Waals surface area contributed by atoms with E-state index in [0.29, 0.717) is 12.0 Å². The van der Waals surface area contributed by atoms with Crippen LogP contribution in [0.25, 0.3) is 0 Å². The first-order chi connectivity index (χ1) is 8.25. The van der Waals surface area contributed by atoms with E-state index in [0.717, 1.165) is 5.56 Å². The molecule has 0 amide bonds. The summed E-state index contributed by atoms with van der Waals surface area (Å²) in [6.07, 6.45) is 2.28. The Bertz CT molecular complexity index is 486. The molecule has 0 aliphatic carbocycles. The summed E-state index contributed by atoms with van der Waals surface area (Å²) in [6.45, 7) is 0. The monoisotopic (exact) mass is 225 g/mol. The average molecular weight is 225 g/mol. The zero-order chi connectivity index (χ0) is 12.1. The Kier molecular flexibility index (Phi) is 3.55. The summed E-state index contributed by atoms with van der Waals surface area (Å²) in [4.78, 5) is 11.8. The highest BCUT2D eigenvalue weighted by atomic mass is 16.3. The molecule has 85 valence electrons. The smallest absolute Gasteiger partial charge is 0.167 e. The number of aromatic hydroxyl groups is 1. The van der Waals surface area contributed by atoms with Gasteiger partial charge in [0, 0.05) is 12.0 Å². The van der Waals surface area contributed by atoms with Crippen LogP contribution in [0.2, 0.25) is 0 Å². The third-order valence-corrected chi connectivity index (χ3v) is 2.52. The summed E-state index contributed by atoms with van der Waals surface area (Å²) in [5.74, 6) is 0.151. The zero-order valence-electron chi connectivity index (χ0n) is 9.34. The first kappa shape index (κ1) is 11.4. The Morgan fingerprint density at radius 3 is 2.29 bits per heavy atom. The molecule has 0 fully saturated rings. The maximum absolute atomic E-state index is 11.8. The van der Waals surface area contributed by atoms with Gasteiger partial charge in [0.15, 0.2) is 5.78 Å². The van der Waals surface area contributed by atoms with Gasteiger partial charge in [-0.3, -0.25) is 4.79 Å². The van der Waals surface area contributed by atoms with E-state index in [1.807, 2.05) is 30.3 Å². The molecule has 2 heteroatoms. The van der Waals surface area contributed by atoms with Crippen molar-refractivity contribution >= 4 is 5.78 Å². The highest BCUT2D eigenvalue weighted by Gasteiger charge is 2.06. The molecule has 1 N–H and O–H groups in total. The first-order valence-corrected chi connectivity index (χ1v) is 5.46. The van der Waals surface area contributed by atoms with Crippen molar-refractivity contribution in [3.05, 3.63) is 72.1 Å². The molecule has 0 heterocycles. The molecule has 0 atom stereocenters. The van der Waals surface area contributed by atoms with Gasteiger partial charge in [0.25, 0.3) is 0 Å². The molecule has 0 aliphatic rings. The fraction of sp³-hybridized carbons (Fsp3) is 0.0667. The van der Waals surface area contributed by atoms with Crippen molar-refractivity contribution in [3.8, 4) is 5.75 Å². The van der Waals surface area contributed by atoms with Crippen LogP contribution in [0.15, 0.2) is 54.6 Å². The van der Waals surface area contributed by atoms with E-state index >= 15 is 0 Å². The van der Waals surface area contributed by atoms with Crippen molar-refractivity contribution in [2.45, 2.75) is 6.42 Å². The lowest BCUT2D eigenvalue weighted by molar-refractivity contribution is 0.102. The first-order valence-electron chi connectivity index (χ1n) is 5.46. The number of hydrogen-bond acceptors (Lipinski definition) is 2. The molecule has 0 unspecified atom stereocenters. The zero-order valence-corrected chi connectivity index (χ0v) is 9.34. The van der Waals surface area contributed by atoms with Crippen LogP contribution in [-0.2, 0) is 6.42 Å². The molecular formula is C15H13O2. The number of carbonyl (C=O) groups excluding carboxylic acids is 1. The lowest BCUT2D eigenvalue weighted by Crippen LogP contribution is -2.01. The SMILES string of the molecule is O=C([CH]Cc1ccccc1)c1ccc(O)cc1. The van der Waals surface area contributed by atoms with Crippen LogP contribution in [0.4, 0.5) is 0 Å². The third-order valence-electron chi connectivity index (χ3n) is 2.52. The number of Topliss-reactive ketones (excluding diaryl/α,β-unsaturated/α-hetero) is 1. The van der Waals surface area contributed by atoms with Crippen molar-refractivity contribution in [2.24, 2.45) is 0 Å². The Morgan fingerprint density at radius 2 is 1.65 bits per heavy atom. The molecule has 0 spiro atoms. The fourth-order valence-corrected chi connectivity index (χ4v) is 1.57. The topological polar surface area (TPSA) is 37.3 Å². The second-order valence-corrected chi connectivity index (χ2v) is 3.80. The predicted molar refractivity (Wildman–Crippen MR) is 66.9 cm³/mol. The number of carbonyl (C=O) groups is 1. The van der Waals surface area contributed by atoms with E-state index in [-0.39, 0.29) is 11.5 Å². The Morgan fingerprint density at radius 1 is 1.00 bits per heavy atom. The molecule has 17 heavy (non-hydrogen) atoms. The van der Waals surface area contributed by atoms with E-state index in [9.17, 15) is 4.79 Å². The highest BCUT2D eigenvalue weighted by Crippen LogP contribution is 2.12. The van der Waals surface area contributed by atoms with Gasteiger partial charge in [-0.2, -0.15) is 0 Å². The van der Waals surface area contributed by atoms with E-state index in [2.05, 4.69) is 0 Å². The predicted octanol–water partition coefficient (Wildman–Crippen LogP) is 3.02. The quantitative estimate of drug-likeness (QED) is 0.812. The minimum Gasteiger partial charge on any atom is -0.508 e. The van der Waals surface area contributed by atoms with Crippen molar-refractivity contribution in [1.82, 2.24) is 0 Å². The highest BCUT2D eigenvalue weighted by molar-refractivity contribution is 6.02. The molecule has 2 aromatic rings. The second-order valence-electron chi connectivity index (χ2n) is 3.80. The maximum atomic E-state index is 11.8. The van der Waals surface area contributed by atoms with Crippen molar-refractivity contribution in [2.75, 3.05) is 0 Å². The van der Waals surface area contributed by atoms with Gasteiger partial charge in [-0.15, -0.1) is 0 Å². The molecule has 0 aliphatic heterocycles. The van der Waals surface area contributed by atoms with Gasteiger partial charge in [-0.05, 0) is 36.2 Å². The van der Waals surface area contributed by atoms with Gasteiger partial charge in [-0.25, -0.2) is 0 Å². The molecule has 2 rings (SSSR count). The largest absolute Gasteiger partial charge is 0.508 e. The lowest BCUT2D eigenvalue weighted by atomic mass is 10.0. The molecular weight excluding hydrogens is 212 g/mol. The van der Waals surface area contributed by atoms with E-state index in [1.165, 1.54) is 12.1 Å². The Hall–Kier alpha value is -2.09. The summed E-state index contributed by atoms with van der Waals surface area (Å²) in [7, 11) is 0. The molecule has 0 aromatic heterocycles. The van der Waals surface area contributed by atoms with E-state index in [1.54, 1.807) is 18.6 Å². The molecule has 0 bridgehead atoms. The van der Waals surface area contributed by atoms with Crippen molar-refractivity contribution < 1.29 is 9.90 Å². The number of hydrogen-bond donors (Lipinski definition) is 1. The number of benzene rings is 2. The van der Waals surface area contributed by atoms with Crippen LogP contribution < -0.4 is 0 Å². The van der Waals surface area contributed by atoms with Crippen molar-refractivity contribution in [3.63, 3.8) is 0 Å². The summed E-state index contributed by atoms with van der Waals surface area (Å²) < 4.78 is 0. The fourth-order valence-electron chi connectivity index (χ4n) is 1.57. The number of phenols is 1. The average Bonchev–Trinajstić information content (AvgIpc) is 2.38. The summed E-state index contributed by atoms with van der Waals surface area (Å²) in [5.41, 5.74) is 1.71. The van der Waals surface area contributed by atoms with Crippen LogP contribution in [0.1, 0.15) is 15.9 Å². The summed E-state index contributed by atoms with van der Waals surface area (Å²) in [5, 5.41) is 9.12. The van der Waals surface area contributed by atoms with Gasteiger partial charge in [0.2, 0.25) is 0 Å². The standard InChI is InChI=1S/C15H13O2/c16-14-9-7-13(8-10-14)15(17)11-6-12-4-2-1-3-5-12/h1-5,7-11,16H,6H2. The van der Waals surface area contributed by atoms with Gasteiger partial charge in [0.05, 0.1) is 0 Å². The molecule has 2 aromatic carbocycles. The Labute approximate surface area is 101 Å². The molecule has 1 radical (unpaired) electrons. The lowest BCUT2D eigenvalue weighted by Gasteiger charge is -2.01. The second kappa shape index (κ2) is 5.30. The van der Waals surface area contributed by atoms with Gasteiger partial charge < -0.3 is 5.11 Å². The summed E-state index contributed by atoms with van der Waals surface area (Å²) in [6, 6.07) is 16.1. The normalized spacial score (nSPS) is 10.1. The van der Waals surface area contributed by atoms with E-state index < -0.39 is 0 Å². The number of phenolic OH excluding ortho intramolecular Hbond substituents is 1. The van der Waals surface area contributed by atoms with Crippen LogP contribution in [-0.4, -0.2) is 10.9 Å². The van der Waals surface area contributed by atoms with Gasteiger partial charge in [-0.1, -0.05) is 30.3 Å². The van der Waals surface area contributed by atoms with E-state index in [4.69, 9.17) is 5.11 Å². The number of ketones is 1. The van der Waals surface area contributed by atoms with Crippen LogP contribution in [0, 0.1) is 6.42 Å². The van der Waals surface area contributed by atoms with Crippen molar-refractivity contribution in [1.29, 1.82) is 0 Å². The third kappa shape index (κ3) is 3.18. The minimum absolute atomic E-state index is 0.0196. The van der Waals surface area contributed by atoms with Crippen LogP contribution in [0.3, 0.4) is 0 Å². The Balaban J connectivity index is 1.96.